The lowest BCUT2D eigenvalue weighted by molar-refractivity contribution is -0.384. The third-order valence-corrected chi connectivity index (χ3v) is 6.59. The minimum Gasteiger partial charge on any atom is -0.507 e. The number of hydrogen-bond donors (Lipinski definition) is 1. The number of nitro benzene ring substituents is 1. The number of aromatic hydroxyl groups is 1. The number of likely N-dealkylation sites (tertiary alicyclic amines) is 1. The Bertz CT molecular complexity index is 1550. The largest absolute Gasteiger partial charge is 0.507 e. The van der Waals surface area contributed by atoms with Gasteiger partial charge in [-0.2, -0.15) is 5.10 Å². The number of carbonyl (C=O) groups is 2. The molecule has 36 heavy (non-hydrogen) atoms. The summed E-state index contributed by atoms with van der Waals surface area (Å²) < 4.78 is 6.69. The van der Waals surface area contributed by atoms with Crippen LogP contribution in [-0.4, -0.2) is 67.5 Å². The van der Waals surface area contributed by atoms with Crippen molar-refractivity contribution in [3.63, 3.8) is 0 Å². The number of amides is 1. The van der Waals surface area contributed by atoms with Crippen LogP contribution in [0.5, 0.6) is 5.75 Å². The highest BCUT2D eigenvalue weighted by molar-refractivity contribution is 6.10. The first kappa shape index (κ1) is 21.9. The minimum atomic E-state index is -0.639. The van der Waals surface area contributed by atoms with Gasteiger partial charge in [0.05, 0.1) is 40.4 Å². The topological polar surface area (TPSA) is 140 Å². The van der Waals surface area contributed by atoms with Crippen molar-refractivity contribution >= 4 is 23.0 Å². The molecule has 4 aromatic rings. The molecule has 180 valence electrons. The number of carbonyl (C=O) groups excluding carboxylic acids is 2. The molecule has 2 fully saturated rings. The summed E-state index contributed by atoms with van der Waals surface area (Å²) in [5.74, 6) is -0.994. The number of nitro groups is 1. The number of phenols is 1. The van der Waals surface area contributed by atoms with Gasteiger partial charge >= 0.3 is 0 Å². The van der Waals surface area contributed by atoms with Crippen LogP contribution in [0, 0.1) is 15.5 Å². The SMILES string of the molecule is O=C(c1cnc2cc(-c3ccc(C(=O)N4CC5(COC5)C4)cc3)nn2c1)c1cc([N+](=O)[O-])ccc1O. The molecular weight excluding hydrogens is 466 g/mol. The van der Waals surface area contributed by atoms with Crippen molar-refractivity contribution in [3.8, 4) is 17.0 Å². The second-order valence-corrected chi connectivity index (χ2v) is 9.19. The number of fused-ring (bicyclic) bond motifs is 1. The molecule has 2 aliphatic rings. The van der Waals surface area contributed by atoms with Crippen LogP contribution in [0.4, 0.5) is 5.69 Å². The molecule has 0 atom stereocenters. The van der Waals surface area contributed by atoms with E-state index in [0.29, 0.717) is 16.9 Å². The maximum Gasteiger partial charge on any atom is 0.270 e. The van der Waals surface area contributed by atoms with E-state index in [1.165, 1.54) is 16.9 Å². The summed E-state index contributed by atoms with van der Waals surface area (Å²) in [4.78, 5) is 42.1. The fraction of sp³-hybridized carbons (Fsp3) is 0.200. The lowest BCUT2D eigenvalue weighted by atomic mass is 9.78. The molecule has 6 rings (SSSR count). The van der Waals surface area contributed by atoms with E-state index in [4.69, 9.17) is 4.74 Å². The van der Waals surface area contributed by atoms with Gasteiger partial charge in [0.25, 0.3) is 11.6 Å². The average Bonchev–Trinajstić information content (AvgIpc) is 3.25. The quantitative estimate of drug-likeness (QED) is 0.259. The van der Waals surface area contributed by atoms with Gasteiger partial charge in [0.15, 0.2) is 11.4 Å². The molecule has 1 spiro atoms. The molecule has 0 unspecified atom stereocenters. The normalized spacial score (nSPS) is 15.9. The molecule has 1 N–H and O–H groups in total. The fourth-order valence-electron chi connectivity index (χ4n) is 4.56. The van der Waals surface area contributed by atoms with E-state index in [-0.39, 0.29) is 33.9 Å². The highest BCUT2D eigenvalue weighted by Gasteiger charge is 2.50. The van der Waals surface area contributed by atoms with E-state index in [2.05, 4.69) is 10.1 Å². The Morgan fingerprint density at radius 1 is 1.06 bits per heavy atom. The number of phenolic OH excluding ortho intramolecular Hbond substituents is 1. The maximum atomic E-state index is 12.9. The first-order valence-corrected chi connectivity index (χ1v) is 11.2. The summed E-state index contributed by atoms with van der Waals surface area (Å²) in [6, 6.07) is 12.1. The lowest BCUT2D eigenvalue weighted by Crippen LogP contribution is -2.67. The first-order valence-electron chi connectivity index (χ1n) is 11.2. The molecule has 0 bridgehead atoms. The summed E-state index contributed by atoms with van der Waals surface area (Å²) in [5.41, 5.74) is 2.22. The predicted octanol–water partition coefficient (Wildman–Crippen LogP) is 2.71. The van der Waals surface area contributed by atoms with Gasteiger partial charge in [-0.05, 0) is 18.2 Å². The molecule has 2 aromatic heterocycles. The third kappa shape index (κ3) is 3.57. The van der Waals surface area contributed by atoms with Gasteiger partial charge in [-0.15, -0.1) is 0 Å². The molecule has 2 aromatic carbocycles. The van der Waals surface area contributed by atoms with Crippen LogP contribution in [0.15, 0.2) is 60.9 Å². The van der Waals surface area contributed by atoms with Crippen LogP contribution in [-0.2, 0) is 4.74 Å². The standard InChI is InChI=1S/C25H19N5O6/c31-21-6-5-18(30(34)35)7-19(21)23(32)17-9-26-22-8-20(27-29(22)10-17)15-1-3-16(4-2-15)24(33)28-11-25(12-28)13-36-14-25/h1-10,31H,11-14H2. The Kier molecular flexibility index (Phi) is 4.83. The molecule has 2 saturated heterocycles. The van der Waals surface area contributed by atoms with Crippen molar-refractivity contribution in [3.05, 3.63) is 87.7 Å². The van der Waals surface area contributed by atoms with E-state index in [1.807, 2.05) is 17.0 Å². The first-order chi connectivity index (χ1) is 17.3. The molecule has 0 saturated carbocycles. The molecule has 11 heteroatoms. The zero-order valence-electron chi connectivity index (χ0n) is 18.8. The maximum absolute atomic E-state index is 12.9. The Morgan fingerprint density at radius 2 is 1.81 bits per heavy atom. The monoisotopic (exact) mass is 485 g/mol. The molecule has 11 nitrogen and oxygen atoms in total. The van der Waals surface area contributed by atoms with Crippen LogP contribution in [0.25, 0.3) is 16.9 Å². The lowest BCUT2D eigenvalue weighted by Gasteiger charge is -2.54. The predicted molar refractivity (Wildman–Crippen MR) is 126 cm³/mol. The zero-order valence-corrected chi connectivity index (χ0v) is 18.8. The Hall–Kier alpha value is -4.64. The van der Waals surface area contributed by atoms with Crippen LogP contribution < -0.4 is 0 Å². The number of benzene rings is 2. The molecule has 0 aliphatic carbocycles. The van der Waals surface area contributed by atoms with Crippen molar-refractivity contribution in [1.82, 2.24) is 19.5 Å². The van der Waals surface area contributed by atoms with Crippen molar-refractivity contribution in [2.45, 2.75) is 0 Å². The highest BCUT2D eigenvalue weighted by Crippen LogP contribution is 2.38. The van der Waals surface area contributed by atoms with Gasteiger partial charge in [0.2, 0.25) is 0 Å². The van der Waals surface area contributed by atoms with Gasteiger partial charge in [-0.25, -0.2) is 9.50 Å². The highest BCUT2D eigenvalue weighted by atomic mass is 16.6. The number of rotatable bonds is 5. The third-order valence-electron chi connectivity index (χ3n) is 6.59. The van der Waals surface area contributed by atoms with Crippen LogP contribution in [0.3, 0.4) is 0 Å². The summed E-state index contributed by atoms with van der Waals surface area (Å²) in [5, 5.41) is 25.6. The summed E-state index contributed by atoms with van der Waals surface area (Å²) in [7, 11) is 0. The van der Waals surface area contributed by atoms with Crippen molar-refractivity contribution in [1.29, 1.82) is 0 Å². The van der Waals surface area contributed by atoms with Gasteiger partial charge < -0.3 is 14.7 Å². The van der Waals surface area contributed by atoms with Gasteiger partial charge in [0, 0.05) is 54.8 Å². The van der Waals surface area contributed by atoms with Crippen LogP contribution in [0.1, 0.15) is 26.3 Å². The number of nitrogens with zero attached hydrogens (tertiary/aromatic N) is 5. The number of aromatic nitrogens is 3. The molecule has 1 amide bonds. The molecule has 0 radical (unpaired) electrons. The minimum absolute atomic E-state index is 0.0108. The van der Waals surface area contributed by atoms with Gasteiger partial charge in [0.1, 0.15) is 5.75 Å². The van der Waals surface area contributed by atoms with E-state index >= 15 is 0 Å². The van der Waals surface area contributed by atoms with Gasteiger partial charge in [-0.3, -0.25) is 19.7 Å². The zero-order chi connectivity index (χ0) is 25.0. The van der Waals surface area contributed by atoms with Crippen molar-refractivity contribution in [2.24, 2.45) is 5.41 Å². The van der Waals surface area contributed by atoms with Crippen LogP contribution >= 0.6 is 0 Å². The van der Waals surface area contributed by atoms with E-state index in [9.17, 15) is 24.8 Å². The van der Waals surface area contributed by atoms with Crippen molar-refractivity contribution in [2.75, 3.05) is 26.3 Å². The second-order valence-electron chi connectivity index (χ2n) is 9.19. The smallest absolute Gasteiger partial charge is 0.270 e. The Balaban J connectivity index is 1.23. The number of hydrogen-bond acceptors (Lipinski definition) is 8. The summed E-state index contributed by atoms with van der Waals surface area (Å²) >= 11 is 0. The molecule has 2 aliphatic heterocycles. The molecular formula is C25H19N5O6. The van der Waals surface area contributed by atoms with Crippen LogP contribution in [0.2, 0.25) is 0 Å². The molecule has 4 heterocycles. The Labute approximate surface area is 203 Å². The van der Waals surface area contributed by atoms with Crippen molar-refractivity contribution < 1.29 is 24.4 Å². The number of non-ortho nitro benzene ring substituents is 1. The Morgan fingerprint density at radius 3 is 2.47 bits per heavy atom. The fourth-order valence-corrected chi connectivity index (χ4v) is 4.56. The number of ether oxygens (including phenoxy) is 1. The second kappa shape index (κ2) is 7.95. The summed E-state index contributed by atoms with van der Waals surface area (Å²) in [6.45, 7) is 2.89. The summed E-state index contributed by atoms with van der Waals surface area (Å²) in [6.07, 6.45) is 2.78. The van der Waals surface area contributed by atoms with E-state index < -0.39 is 10.7 Å². The van der Waals surface area contributed by atoms with E-state index in [1.54, 1.807) is 18.2 Å². The van der Waals surface area contributed by atoms with Gasteiger partial charge in [-0.1, -0.05) is 12.1 Å². The van der Waals surface area contributed by atoms with E-state index in [0.717, 1.165) is 50.1 Å². The number of ketones is 1. The average molecular weight is 485 g/mol.